The third-order valence-electron chi connectivity index (χ3n) is 2.15. The highest BCUT2D eigenvalue weighted by Crippen LogP contribution is 2.21. The molecule has 0 aliphatic carbocycles. The van der Waals surface area contributed by atoms with Crippen molar-refractivity contribution in [3.63, 3.8) is 0 Å². The predicted molar refractivity (Wildman–Crippen MR) is 76.0 cm³/mol. The number of carboxylic acids is 1. The maximum absolute atomic E-state index is 11.8. The van der Waals surface area contributed by atoms with Crippen LogP contribution in [0.2, 0.25) is 0 Å². The lowest BCUT2D eigenvalue weighted by atomic mass is 10.2. The van der Waals surface area contributed by atoms with Crippen molar-refractivity contribution in [1.29, 1.82) is 0 Å². The predicted octanol–water partition coefficient (Wildman–Crippen LogP) is 1.21. The number of anilines is 1. The second kappa shape index (κ2) is 7.15. The first-order chi connectivity index (χ1) is 8.93. The van der Waals surface area contributed by atoms with Gasteiger partial charge < -0.3 is 15.7 Å². The van der Waals surface area contributed by atoms with Crippen molar-refractivity contribution in [1.82, 2.24) is 5.32 Å². The van der Waals surface area contributed by atoms with Gasteiger partial charge in [-0.3, -0.25) is 9.59 Å². The van der Waals surface area contributed by atoms with E-state index in [-0.39, 0.29) is 12.3 Å². The number of carboxylic acid groups (broad SMARTS) is 1. The van der Waals surface area contributed by atoms with E-state index in [1.165, 1.54) is 13.0 Å². The quantitative estimate of drug-likeness (QED) is 0.594. The molecule has 1 atom stereocenters. The van der Waals surface area contributed by atoms with Crippen LogP contribution in [0.25, 0.3) is 0 Å². The monoisotopic (exact) mass is 302 g/mol. The minimum atomic E-state index is -1.10. The molecule has 0 bridgehead atoms. The van der Waals surface area contributed by atoms with Crippen LogP contribution in [0.5, 0.6) is 0 Å². The number of rotatable bonds is 6. The van der Waals surface area contributed by atoms with Crippen LogP contribution in [-0.4, -0.2) is 34.7 Å². The van der Waals surface area contributed by atoms with Crippen molar-refractivity contribution >= 4 is 46.8 Å². The molecule has 0 aliphatic heterocycles. The number of hydrogen-bond acceptors (Lipinski definition) is 5. The molecule has 0 radical (unpaired) electrons. The maximum atomic E-state index is 11.8. The van der Waals surface area contributed by atoms with Gasteiger partial charge in [-0.15, -0.1) is 11.3 Å². The van der Waals surface area contributed by atoms with Gasteiger partial charge in [0, 0.05) is 6.92 Å². The molecular weight excluding hydrogens is 288 g/mol. The maximum Gasteiger partial charge on any atom is 0.326 e. The summed E-state index contributed by atoms with van der Waals surface area (Å²) in [6, 6.07) is 2.16. The van der Waals surface area contributed by atoms with Crippen molar-refractivity contribution in [3.05, 3.63) is 17.0 Å². The van der Waals surface area contributed by atoms with E-state index in [2.05, 4.69) is 23.3 Å². The zero-order chi connectivity index (χ0) is 14.4. The fraction of sp³-hybridized carbons (Fsp3) is 0.364. The SMILES string of the molecule is CC(=O)Nc1ccc(C(=O)NC(CCS)C(=O)O)s1. The Bertz CT molecular complexity index is 487. The van der Waals surface area contributed by atoms with Crippen LogP contribution in [-0.2, 0) is 9.59 Å². The number of aliphatic carboxylic acids is 1. The first-order valence-electron chi connectivity index (χ1n) is 5.46. The average molecular weight is 302 g/mol. The summed E-state index contributed by atoms with van der Waals surface area (Å²) >= 11 is 5.03. The molecule has 0 saturated carbocycles. The summed E-state index contributed by atoms with van der Waals surface area (Å²) in [4.78, 5) is 33.9. The van der Waals surface area contributed by atoms with E-state index >= 15 is 0 Å². The van der Waals surface area contributed by atoms with Crippen molar-refractivity contribution < 1.29 is 19.5 Å². The molecule has 0 saturated heterocycles. The molecule has 6 nitrogen and oxygen atoms in total. The molecule has 0 aromatic carbocycles. The Balaban J connectivity index is 2.69. The summed E-state index contributed by atoms with van der Waals surface area (Å²) in [5.74, 6) is -1.44. The van der Waals surface area contributed by atoms with E-state index < -0.39 is 17.9 Å². The van der Waals surface area contributed by atoms with Gasteiger partial charge in [0.15, 0.2) is 0 Å². The lowest BCUT2D eigenvalue weighted by Gasteiger charge is -2.12. The summed E-state index contributed by atoms with van der Waals surface area (Å²) < 4.78 is 0. The molecule has 3 N–H and O–H groups in total. The number of hydrogen-bond donors (Lipinski definition) is 4. The van der Waals surface area contributed by atoms with Crippen LogP contribution in [0.1, 0.15) is 23.0 Å². The van der Waals surface area contributed by atoms with E-state index in [1.807, 2.05) is 0 Å². The average Bonchev–Trinajstić information content (AvgIpc) is 2.75. The smallest absolute Gasteiger partial charge is 0.326 e. The normalized spacial score (nSPS) is 11.7. The van der Waals surface area contributed by atoms with Gasteiger partial charge in [-0.05, 0) is 24.3 Å². The van der Waals surface area contributed by atoms with Crippen LogP contribution in [0.15, 0.2) is 12.1 Å². The molecular formula is C11H14N2O4S2. The number of carbonyl (C=O) groups is 3. The van der Waals surface area contributed by atoms with Gasteiger partial charge in [-0.1, -0.05) is 0 Å². The van der Waals surface area contributed by atoms with Crippen LogP contribution < -0.4 is 10.6 Å². The Kier molecular flexibility index (Phi) is 5.84. The van der Waals surface area contributed by atoms with Gasteiger partial charge in [0.25, 0.3) is 5.91 Å². The van der Waals surface area contributed by atoms with Crippen LogP contribution >= 0.6 is 24.0 Å². The molecule has 1 rings (SSSR count). The Morgan fingerprint density at radius 2 is 2.11 bits per heavy atom. The molecule has 2 amide bonds. The lowest BCUT2D eigenvalue weighted by molar-refractivity contribution is -0.139. The van der Waals surface area contributed by atoms with Gasteiger partial charge in [-0.25, -0.2) is 4.79 Å². The largest absolute Gasteiger partial charge is 0.480 e. The van der Waals surface area contributed by atoms with E-state index in [1.54, 1.807) is 6.07 Å². The third kappa shape index (κ3) is 4.92. The van der Waals surface area contributed by atoms with Crippen LogP contribution in [0, 0.1) is 0 Å². The fourth-order valence-corrected chi connectivity index (χ4v) is 2.43. The molecule has 0 aliphatic rings. The molecule has 0 spiro atoms. The van der Waals surface area contributed by atoms with Gasteiger partial charge in [0.05, 0.1) is 9.88 Å². The van der Waals surface area contributed by atoms with Gasteiger partial charge in [0.1, 0.15) is 6.04 Å². The highest BCUT2D eigenvalue weighted by molar-refractivity contribution is 7.80. The van der Waals surface area contributed by atoms with E-state index in [4.69, 9.17) is 5.11 Å². The molecule has 1 aromatic rings. The van der Waals surface area contributed by atoms with Crippen LogP contribution in [0.3, 0.4) is 0 Å². The molecule has 1 heterocycles. The molecule has 1 unspecified atom stereocenters. The number of nitrogens with one attached hydrogen (secondary N) is 2. The minimum absolute atomic E-state index is 0.229. The van der Waals surface area contributed by atoms with Crippen molar-refractivity contribution in [2.75, 3.05) is 11.1 Å². The Morgan fingerprint density at radius 3 is 2.63 bits per heavy atom. The summed E-state index contributed by atoms with van der Waals surface area (Å²) in [6.07, 6.45) is 0.244. The minimum Gasteiger partial charge on any atom is -0.480 e. The highest BCUT2D eigenvalue weighted by Gasteiger charge is 2.20. The second-order valence-electron chi connectivity index (χ2n) is 3.72. The van der Waals surface area contributed by atoms with Gasteiger partial charge in [-0.2, -0.15) is 12.6 Å². The summed E-state index contributed by atoms with van der Waals surface area (Å²) in [6.45, 7) is 1.37. The third-order valence-corrected chi connectivity index (χ3v) is 3.41. The van der Waals surface area contributed by atoms with E-state index in [0.717, 1.165) is 11.3 Å². The lowest BCUT2D eigenvalue weighted by Crippen LogP contribution is -2.40. The van der Waals surface area contributed by atoms with Crippen molar-refractivity contribution in [2.45, 2.75) is 19.4 Å². The zero-order valence-electron chi connectivity index (χ0n) is 10.2. The summed E-state index contributed by atoms with van der Waals surface area (Å²) in [5.41, 5.74) is 0. The standard InChI is InChI=1S/C11H14N2O4S2/c1-6(14)12-9-3-2-8(19-9)10(15)13-7(4-5-18)11(16)17/h2-3,7,18H,4-5H2,1H3,(H,12,14)(H,13,15)(H,16,17). The van der Waals surface area contributed by atoms with Gasteiger partial charge in [0.2, 0.25) is 5.91 Å². The summed E-state index contributed by atoms with van der Waals surface area (Å²) in [7, 11) is 0. The van der Waals surface area contributed by atoms with Crippen LogP contribution in [0.4, 0.5) is 5.00 Å². The first-order valence-corrected chi connectivity index (χ1v) is 6.91. The highest BCUT2D eigenvalue weighted by atomic mass is 32.1. The second-order valence-corrected chi connectivity index (χ2v) is 5.25. The van der Waals surface area contributed by atoms with Crippen molar-refractivity contribution in [2.24, 2.45) is 0 Å². The molecule has 104 valence electrons. The number of amides is 2. The molecule has 19 heavy (non-hydrogen) atoms. The number of carbonyl (C=O) groups excluding carboxylic acids is 2. The van der Waals surface area contributed by atoms with Gasteiger partial charge >= 0.3 is 5.97 Å². The fourth-order valence-electron chi connectivity index (χ4n) is 1.32. The Hall–Kier alpha value is -1.54. The van der Waals surface area contributed by atoms with E-state index in [9.17, 15) is 14.4 Å². The Morgan fingerprint density at radius 1 is 1.42 bits per heavy atom. The number of thiophene rings is 1. The van der Waals surface area contributed by atoms with E-state index in [0.29, 0.717) is 15.6 Å². The number of thiol groups is 1. The zero-order valence-corrected chi connectivity index (χ0v) is 11.9. The Labute approximate surface area is 119 Å². The van der Waals surface area contributed by atoms with Crippen molar-refractivity contribution in [3.8, 4) is 0 Å². The molecule has 0 fully saturated rings. The topological polar surface area (TPSA) is 95.5 Å². The summed E-state index contributed by atoms with van der Waals surface area (Å²) in [5, 5.41) is 14.4. The molecule has 1 aromatic heterocycles. The molecule has 8 heteroatoms. The first kappa shape index (κ1) is 15.5.